The van der Waals surface area contributed by atoms with Crippen LogP contribution in [0.15, 0.2) is 82.6 Å². The zero-order chi connectivity index (χ0) is 30.4. The van der Waals surface area contributed by atoms with Crippen LogP contribution in [0.3, 0.4) is 0 Å². The second-order valence-electron chi connectivity index (χ2n) is 9.35. The van der Waals surface area contributed by atoms with Gasteiger partial charge in [0.25, 0.3) is 0 Å². The fraction of sp³-hybridized carbons (Fsp3) is 0.333. The van der Waals surface area contributed by atoms with Gasteiger partial charge in [-0.2, -0.15) is 0 Å². The number of allylic oxidation sites excluding steroid dienone is 1. The van der Waals surface area contributed by atoms with Crippen molar-refractivity contribution in [3.63, 3.8) is 0 Å². The minimum absolute atomic E-state index is 0.0271. The number of hydrogen-bond acceptors (Lipinski definition) is 8. The van der Waals surface area contributed by atoms with Crippen LogP contribution in [-0.2, 0) is 30.5 Å². The number of aryl methyl sites for hydroxylation is 1. The van der Waals surface area contributed by atoms with Crippen LogP contribution in [0, 0.1) is 0 Å². The molecule has 0 aliphatic rings. The van der Waals surface area contributed by atoms with Crippen LogP contribution < -0.4 is 9.47 Å². The molecule has 0 unspecified atom stereocenters. The number of ether oxygens (including phenoxy) is 4. The Morgan fingerprint density at radius 2 is 1.60 bits per heavy atom. The fourth-order valence-corrected chi connectivity index (χ4v) is 5.51. The van der Waals surface area contributed by atoms with Gasteiger partial charge in [-0.25, -0.2) is 13.2 Å². The van der Waals surface area contributed by atoms with Gasteiger partial charge in [-0.1, -0.05) is 30.4 Å². The molecule has 0 atom stereocenters. The third kappa shape index (κ3) is 9.48. The predicted molar refractivity (Wildman–Crippen MR) is 161 cm³/mol. The second-order valence-corrected chi connectivity index (χ2v) is 11.3. The number of carbonyl (C=O) groups is 2. The first kappa shape index (κ1) is 32.4. The summed E-state index contributed by atoms with van der Waals surface area (Å²) in [6, 6.07) is 18.2. The van der Waals surface area contributed by atoms with Gasteiger partial charge in [0.15, 0.2) is 0 Å². The Kier molecular flexibility index (Phi) is 12.6. The van der Waals surface area contributed by atoms with Gasteiger partial charge in [0.1, 0.15) is 11.5 Å². The van der Waals surface area contributed by atoms with Crippen LogP contribution in [0.2, 0.25) is 0 Å². The molecule has 9 heteroatoms. The van der Waals surface area contributed by atoms with Gasteiger partial charge in [-0.3, -0.25) is 4.79 Å². The summed E-state index contributed by atoms with van der Waals surface area (Å²) in [6.07, 6.45) is 7.11. The summed E-state index contributed by atoms with van der Waals surface area (Å²) in [6.45, 7) is 4.30. The lowest BCUT2D eigenvalue weighted by atomic mass is 10.1. The molecule has 0 spiro atoms. The molecule has 0 amide bonds. The molecule has 0 aliphatic carbocycles. The Morgan fingerprint density at radius 1 is 0.857 bits per heavy atom. The van der Waals surface area contributed by atoms with Crippen molar-refractivity contribution in [2.24, 2.45) is 0 Å². The number of methoxy groups -OCH3 is 1. The monoisotopic (exact) mass is 594 g/mol. The van der Waals surface area contributed by atoms with E-state index in [4.69, 9.17) is 18.9 Å². The molecule has 224 valence electrons. The molecule has 0 radical (unpaired) electrons. The van der Waals surface area contributed by atoms with Gasteiger partial charge in [0.05, 0.1) is 42.3 Å². The Bertz CT molecular complexity index is 1460. The van der Waals surface area contributed by atoms with Crippen LogP contribution >= 0.6 is 0 Å². The van der Waals surface area contributed by atoms with E-state index in [-0.39, 0.29) is 47.4 Å². The van der Waals surface area contributed by atoms with Crippen molar-refractivity contribution in [2.75, 3.05) is 26.9 Å². The molecule has 3 rings (SSSR count). The molecule has 3 aromatic rings. The molecular formula is C33H38O8S. The van der Waals surface area contributed by atoms with Crippen molar-refractivity contribution in [1.82, 2.24) is 0 Å². The van der Waals surface area contributed by atoms with Crippen molar-refractivity contribution in [3.05, 3.63) is 89.5 Å². The number of sulfone groups is 1. The van der Waals surface area contributed by atoms with Crippen molar-refractivity contribution in [1.29, 1.82) is 0 Å². The third-order valence-electron chi connectivity index (χ3n) is 6.35. The fourth-order valence-electron chi connectivity index (χ4n) is 4.15. The molecule has 0 saturated heterocycles. The number of benzene rings is 3. The lowest BCUT2D eigenvalue weighted by molar-refractivity contribution is -0.143. The molecule has 0 aliphatic heterocycles. The first-order valence-corrected chi connectivity index (χ1v) is 15.5. The largest absolute Gasteiger partial charge is 0.497 e. The highest BCUT2D eigenvalue weighted by atomic mass is 32.2. The van der Waals surface area contributed by atoms with Crippen molar-refractivity contribution < 1.29 is 37.0 Å². The van der Waals surface area contributed by atoms with Crippen LogP contribution in [0.25, 0.3) is 6.08 Å². The van der Waals surface area contributed by atoms with E-state index in [0.29, 0.717) is 17.9 Å². The van der Waals surface area contributed by atoms with Gasteiger partial charge < -0.3 is 18.9 Å². The molecule has 0 aromatic heterocycles. The highest BCUT2D eigenvalue weighted by Gasteiger charge is 2.22. The molecule has 0 saturated carbocycles. The molecule has 0 bridgehead atoms. The summed E-state index contributed by atoms with van der Waals surface area (Å²) in [5.74, 6) is 0.374. The van der Waals surface area contributed by atoms with E-state index in [1.54, 1.807) is 27.0 Å². The maximum absolute atomic E-state index is 13.5. The Hall–Kier alpha value is -4.11. The Balaban J connectivity index is 1.68. The molecule has 0 fully saturated rings. The third-order valence-corrected chi connectivity index (χ3v) is 8.10. The first-order valence-electron chi connectivity index (χ1n) is 14.0. The summed E-state index contributed by atoms with van der Waals surface area (Å²) in [5, 5.41) is 0. The average molecular weight is 595 g/mol. The predicted octanol–water partition coefficient (Wildman–Crippen LogP) is 6.46. The molecular weight excluding hydrogens is 556 g/mol. The van der Waals surface area contributed by atoms with Crippen LogP contribution in [0.4, 0.5) is 0 Å². The summed E-state index contributed by atoms with van der Waals surface area (Å²) >= 11 is 0. The van der Waals surface area contributed by atoms with Gasteiger partial charge in [0, 0.05) is 6.42 Å². The molecule has 42 heavy (non-hydrogen) atoms. The van der Waals surface area contributed by atoms with Crippen LogP contribution in [-0.4, -0.2) is 47.3 Å². The van der Waals surface area contributed by atoms with Crippen molar-refractivity contribution in [2.45, 2.75) is 55.7 Å². The zero-order valence-corrected chi connectivity index (χ0v) is 25.2. The van der Waals surface area contributed by atoms with Crippen molar-refractivity contribution in [3.8, 4) is 11.5 Å². The van der Waals surface area contributed by atoms with Gasteiger partial charge >= 0.3 is 11.9 Å². The SMILES string of the molecule is CCOC(=O)CCc1cc(S(=O)(=O)c2cccc(C(=O)OCC)c2)ccc1OCCCC/C=C/c1ccc(OC)cc1. The minimum Gasteiger partial charge on any atom is -0.497 e. The lowest BCUT2D eigenvalue weighted by Gasteiger charge is -2.14. The van der Waals surface area contributed by atoms with E-state index in [0.717, 1.165) is 30.6 Å². The summed E-state index contributed by atoms with van der Waals surface area (Å²) in [5.41, 5.74) is 1.84. The smallest absolute Gasteiger partial charge is 0.338 e. The molecule has 0 N–H and O–H groups in total. The Labute approximate surface area is 248 Å². The highest BCUT2D eigenvalue weighted by Crippen LogP contribution is 2.29. The number of hydrogen-bond donors (Lipinski definition) is 0. The standard InChI is InChI=1S/C33H38O8S/c1-4-39-32(34)21-16-26-23-30(42(36,37)29-13-10-12-27(24-29)33(35)40-5-2)19-20-31(26)41-22-9-7-6-8-11-25-14-17-28(38-3)18-15-25/h8,10-15,17-20,23-24H,4-7,9,16,21-22H2,1-3H3/b11-8+. The van der Waals surface area contributed by atoms with Gasteiger partial charge in [-0.05, 0) is 99.2 Å². The zero-order valence-electron chi connectivity index (χ0n) is 24.3. The lowest BCUT2D eigenvalue weighted by Crippen LogP contribution is -2.09. The number of unbranched alkanes of at least 4 members (excludes halogenated alkanes) is 2. The average Bonchev–Trinajstić information content (AvgIpc) is 3.00. The van der Waals surface area contributed by atoms with E-state index in [1.807, 2.05) is 24.3 Å². The van der Waals surface area contributed by atoms with E-state index < -0.39 is 15.8 Å². The van der Waals surface area contributed by atoms with E-state index in [2.05, 4.69) is 12.2 Å². The quantitative estimate of drug-likeness (QED) is 0.137. The summed E-state index contributed by atoms with van der Waals surface area (Å²) in [7, 11) is -2.31. The molecule has 8 nitrogen and oxygen atoms in total. The molecule has 3 aromatic carbocycles. The Morgan fingerprint density at radius 3 is 2.31 bits per heavy atom. The second kappa shape index (κ2) is 16.4. The minimum atomic E-state index is -3.95. The number of carbonyl (C=O) groups excluding carboxylic acids is 2. The maximum Gasteiger partial charge on any atom is 0.338 e. The van der Waals surface area contributed by atoms with Crippen molar-refractivity contribution >= 4 is 27.9 Å². The van der Waals surface area contributed by atoms with E-state index >= 15 is 0 Å². The van der Waals surface area contributed by atoms with Crippen LogP contribution in [0.5, 0.6) is 11.5 Å². The first-order chi connectivity index (χ1) is 20.3. The normalized spacial score (nSPS) is 11.3. The van der Waals surface area contributed by atoms with Gasteiger partial charge in [0.2, 0.25) is 9.84 Å². The van der Waals surface area contributed by atoms with E-state index in [1.165, 1.54) is 36.4 Å². The van der Waals surface area contributed by atoms with Gasteiger partial charge in [-0.15, -0.1) is 0 Å². The topological polar surface area (TPSA) is 105 Å². The molecule has 0 heterocycles. The summed E-state index contributed by atoms with van der Waals surface area (Å²) < 4.78 is 48.2. The highest BCUT2D eigenvalue weighted by molar-refractivity contribution is 7.91. The van der Waals surface area contributed by atoms with E-state index in [9.17, 15) is 18.0 Å². The van der Waals surface area contributed by atoms with Crippen LogP contribution in [0.1, 0.15) is 61.0 Å². The number of rotatable bonds is 16. The summed E-state index contributed by atoms with van der Waals surface area (Å²) in [4.78, 5) is 24.2. The maximum atomic E-state index is 13.5. The number of esters is 2.